The van der Waals surface area contributed by atoms with Crippen molar-refractivity contribution in [3.63, 3.8) is 0 Å². The number of thioether (sulfide) groups is 1. The van der Waals surface area contributed by atoms with E-state index in [1.54, 1.807) is 12.1 Å². The Bertz CT molecular complexity index is 741. The summed E-state index contributed by atoms with van der Waals surface area (Å²) in [7, 11) is 0. The fourth-order valence-electron chi connectivity index (χ4n) is 3.22. The lowest BCUT2D eigenvalue weighted by molar-refractivity contribution is -0.122. The largest absolute Gasteiger partial charge is 0.508 e. The van der Waals surface area contributed by atoms with E-state index in [9.17, 15) is 9.90 Å². The van der Waals surface area contributed by atoms with Gasteiger partial charge in [-0.3, -0.25) is 9.69 Å². The standard InChI is InChI=1S/C22H29N3O2S/c1-18-2-4-19(5-3-18)17-28-15-10-23-22(27)16-24-11-13-25(14-12-24)20-6-8-21(26)9-7-20/h2-9,26H,10-17H2,1H3,(H,23,27). The molecule has 0 saturated carbocycles. The van der Waals surface area contributed by atoms with Crippen LogP contribution in [0, 0.1) is 6.92 Å². The number of phenolic OH excluding ortho intramolecular Hbond substituents is 1. The second-order valence-corrected chi connectivity index (χ2v) is 8.27. The Morgan fingerprint density at radius 1 is 1.04 bits per heavy atom. The van der Waals surface area contributed by atoms with E-state index in [0.717, 1.165) is 43.4 Å². The van der Waals surface area contributed by atoms with Crippen LogP contribution in [0.1, 0.15) is 11.1 Å². The fourth-order valence-corrected chi connectivity index (χ4v) is 4.04. The number of carbonyl (C=O) groups is 1. The number of aryl methyl sites for hydroxylation is 1. The van der Waals surface area contributed by atoms with Crippen molar-refractivity contribution in [1.29, 1.82) is 0 Å². The van der Waals surface area contributed by atoms with Crippen molar-refractivity contribution in [1.82, 2.24) is 10.2 Å². The van der Waals surface area contributed by atoms with Crippen molar-refractivity contribution in [3.8, 4) is 5.75 Å². The molecule has 2 aromatic rings. The van der Waals surface area contributed by atoms with Crippen molar-refractivity contribution in [2.45, 2.75) is 12.7 Å². The van der Waals surface area contributed by atoms with E-state index in [-0.39, 0.29) is 11.7 Å². The zero-order valence-electron chi connectivity index (χ0n) is 16.4. The van der Waals surface area contributed by atoms with Gasteiger partial charge < -0.3 is 15.3 Å². The molecule has 2 aromatic carbocycles. The molecule has 1 heterocycles. The predicted molar refractivity (Wildman–Crippen MR) is 117 cm³/mol. The highest BCUT2D eigenvalue weighted by Gasteiger charge is 2.19. The van der Waals surface area contributed by atoms with Crippen LogP contribution in [0.4, 0.5) is 5.69 Å². The molecular formula is C22H29N3O2S. The minimum atomic E-state index is 0.106. The van der Waals surface area contributed by atoms with Gasteiger partial charge in [0.1, 0.15) is 5.75 Å². The maximum atomic E-state index is 12.2. The monoisotopic (exact) mass is 399 g/mol. The fraction of sp³-hybridized carbons (Fsp3) is 0.409. The van der Waals surface area contributed by atoms with Gasteiger partial charge in [-0.25, -0.2) is 0 Å². The summed E-state index contributed by atoms with van der Waals surface area (Å²) >= 11 is 1.85. The van der Waals surface area contributed by atoms with Crippen molar-refractivity contribution >= 4 is 23.4 Å². The zero-order valence-corrected chi connectivity index (χ0v) is 17.3. The minimum absolute atomic E-state index is 0.106. The van der Waals surface area contributed by atoms with E-state index >= 15 is 0 Å². The molecule has 28 heavy (non-hydrogen) atoms. The van der Waals surface area contributed by atoms with Crippen LogP contribution in [-0.4, -0.2) is 60.9 Å². The lowest BCUT2D eigenvalue weighted by atomic mass is 10.2. The van der Waals surface area contributed by atoms with Gasteiger partial charge >= 0.3 is 0 Å². The molecule has 0 aliphatic carbocycles. The molecule has 0 radical (unpaired) electrons. The quantitative estimate of drug-likeness (QED) is 0.669. The topological polar surface area (TPSA) is 55.8 Å². The van der Waals surface area contributed by atoms with E-state index in [4.69, 9.17) is 0 Å². The number of benzene rings is 2. The Kier molecular flexibility index (Phi) is 7.62. The van der Waals surface area contributed by atoms with Crippen LogP contribution >= 0.6 is 11.8 Å². The Morgan fingerprint density at radius 3 is 2.39 bits per heavy atom. The third kappa shape index (κ3) is 6.46. The first-order valence-corrected chi connectivity index (χ1v) is 10.9. The van der Waals surface area contributed by atoms with Crippen LogP contribution in [-0.2, 0) is 10.5 Å². The van der Waals surface area contributed by atoms with Crippen molar-refractivity contribution in [2.75, 3.05) is 49.9 Å². The van der Waals surface area contributed by atoms with Crippen molar-refractivity contribution in [2.24, 2.45) is 0 Å². The Balaban J connectivity index is 1.28. The molecule has 0 spiro atoms. The average molecular weight is 400 g/mol. The lowest BCUT2D eigenvalue weighted by Crippen LogP contribution is -2.49. The summed E-state index contributed by atoms with van der Waals surface area (Å²) in [6.07, 6.45) is 0. The molecule has 1 aliphatic rings. The Hall–Kier alpha value is -2.18. The first-order valence-electron chi connectivity index (χ1n) is 9.76. The number of piperazine rings is 1. The molecule has 5 nitrogen and oxygen atoms in total. The van der Waals surface area contributed by atoms with Crippen LogP contribution in [0.2, 0.25) is 0 Å². The lowest BCUT2D eigenvalue weighted by Gasteiger charge is -2.35. The summed E-state index contributed by atoms with van der Waals surface area (Å²) < 4.78 is 0. The summed E-state index contributed by atoms with van der Waals surface area (Å²) in [5.74, 6) is 2.30. The number of rotatable bonds is 8. The van der Waals surface area contributed by atoms with E-state index < -0.39 is 0 Å². The molecule has 0 aromatic heterocycles. The third-order valence-corrected chi connectivity index (χ3v) is 5.94. The Labute approximate surface area is 171 Å². The van der Waals surface area contributed by atoms with Crippen LogP contribution in [0.5, 0.6) is 5.75 Å². The van der Waals surface area contributed by atoms with Gasteiger partial charge in [0.15, 0.2) is 0 Å². The molecule has 0 unspecified atom stereocenters. The Morgan fingerprint density at radius 2 is 1.71 bits per heavy atom. The van der Waals surface area contributed by atoms with Gasteiger partial charge in [-0.05, 0) is 36.8 Å². The summed E-state index contributed by atoms with van der Waals surface area (Å²) in [5.41, 5.74) is 3.73. The van der Waals surface area contributed by atoms with Crippen molar-refractivity contribution < 1.29 is 9.90 Å². The molecule has 1 saturated heterocycles. The molecule has 2 N–H and O–H groups in total. The van der Waals surface area contributed by atoms with E-state index in [2.05, 4.69) is 46.3 Å². The van der Waals surface area contributed by atoms with Crippen LogP contribution < -0.4 is 10.2 Å². The predicted octanol–water partition coefficient (Wildman–Crippen LogP) is 2.87. The molecule has 1 aliphatic heterocycles. The molecule has 1 fully saturated rings. The second kappa shape index (κ2) is 10.4. The number of hydrogen-bond acceptors (Lipinski definition) is 5. The number of anilines is 1. The van der Waals surface area contributed by atoms with Crippen LogP contribution in [0.15, 0.2) is 48.5 Å². The van der Waals surface area contributed by atoms with Gasteiger partial charge in [-0.15, -0.1) is 0 Å². The van der Waals surface area contributed by atoms with Gasteiger partial charge in [0.25, 0.3) is 0 Å². The number of phenols is 1. The number of hydrogen-bond donors (Lipinski definition) is 2. The van der Waals surface area contributed by atoms with Gasteiger partial charge in [-0.2, -0.15) is 11.8 Å². The van der Waals surface area contributed by atoms with Gasteiger partial charge in [-0.1, -0.05) is 29.8 Å². The minimum Gasteiger partial charge on any atom is -0.508 e. The van der Waals surface area contributed by atoms with Gasteiger partial charge in [0, 0.05) is 49.9 Å². The normalized spacial score (nSPS) is 14.8. The molecule has 1 amide bonds. The first kappa shape index (κ1) is 20.6. The average Bonchev–Trinajstić information content (AvgIpc) is 2.70. The molecule has 6 heteroatoms. The highest BCUT2D eigenvalue weighted by molar-refractivity contribution is 7.98. The molecule has 3 rings (SSSR count). The van der Waals surface area contributed by atoms with Gasteiger partial charge in [0.05, 0.1) is 6.54 Å². The maximum Gasteiger partial charge on any atom is 0.234 e. The van der Waals surface area contributed by atoms with Gasteiger partial charge in [0.2, 0.25) is 5.91 Å². The molecule has 150 valence electrons. The molecule has 0 atom stereocenters. The SMILES string of the molecule is Cc1ccc(CSCCNC(=O)CN2CCN(c3ccc(O)cc3)CC2)cc1. The highest BCUT2D eigenvalue weighted by atomic mass is 32.2. The second-order valence-electron chi connectivity index (χ2n) is 7.17. The third-order valence-electron chi connectivity index (χ3n) is 4.91. The summed E-state index contributed by atoms with van der Waals surface area (Å²) in [5, 5.41) is 12.4. The molecular weight excluding hydrogens is 370 g/mol. The first-order chi connectivity index (χ1) is 13.6. The highest BCUT2D eigenvalue weighted by Crippen LogP contribution is 2.19. The van der Waals surface area contributed by atoms with Crippen LogP contribution in [0.25, 0.3) is 0 Å². The number of nitrogens with zero attached hydrogens (tertiary/aromatic N) is 2. The summed E-state index contributed by atoms with van der Waals surface area (Å²) in [6.45, 7) is 6.80. The van der Waals surface area contributed by atoms with E-state index in [1.807, 2.05) is 23.9 Å². The zero-order chi connectivity index (χ0) is 19.8. The molecule has 0 bridgehead atoms. The van der Waals surface area contributed by atoms with E-state index in [1.165, 1.54) is 11.1 Å². The number of amides is 1. The number of carbonyl (C=O) groups excluding carboxylic acids is 1. The number of nitrogens with one attached hydrogen (secondary N) is 1. The summed E-state index contributed by atoms with van der Waals surface area (Å²) in [4.78, 5) is 16.7. The van der Waals surface area contributed by atoms with Crippen molar-refractivity contribution in [3.05, 3.63) is 59.7 Å². The number of aromatic hydroxyl groups is 1. The smallest absolute Gasteiger partial charge is 0.234 e. The summed E-state index contributed by atoms with van der Waals surface area (Å²) in [6, 6.07) is 15.9. The maximum absolute atomic E-state index is 12.2. The van der Waals surface area contributed by atoms with Crippen LogP contribution in [0.3, 0.4) is 0 Å². The van der Waals surface area contributed by atoms with E-state index in [0.29, 0.717) is 13.1 Å².